The van der Waals surface area contributed by atoms with Crippen LogP contribution >= 0.6 is 23.1 Å². The third-order valence-electron chi connectivity index (χ3n) is 5.26. The van der Waals surface area contributed by atoms with E-state index < -0.39 is 0 Å². The van der Waals surface area contributed by atoms with Gasteiger partial charge in [-0.05, 0) is 48.6 Å². The summed E-state index contributed by atoms with van der Waals surface area (Å²) in [5.74, 6) is 0.0504. The Kier molecular flexibility index (Phi) is 6.77. The number of benzene rings is 2. The fourth-order valence-corrected chi connectivity index (χ4v) is 5.56. The Bertz CT molecular complexity index is 1270. The highest BCUT2D eigenvalue weighted by atomic mass is 32.2. The number of carbonyl (C=O) groups excluding carboxylic acids is 1. The van der Waals surface area contributed by atoms with Crippen LogP contribution in [0.15, 0.2) is 53.8 Å². The van der Waals surface area contributed by atoms with Gasteiger partial charge in [-0.25, -0.2) is 9.97 Å². The molecule has 0 radical (unpaired) electrons. The van der Waals surface area contributed by atoms with E-state index in [-0.39, 0.29) is 17.4 Å². The van der Waals surface area contributed by atoms with Crippen molar-refractivity contribution in [3.05, 3.63) is 64.8 Å². The van der Waals surface area contributed by atoms with Crippen LogP contribution in [0.4, 0.5) is 5.69 Å². The zero-order valence-corrected chi connectivity index (χ0v) is 19.9. The Morgan fingerprint density at radius 3 is 2.59 bits per heavy atom. The lowest BCUT2D eigenvalue weighted by Gasteiger charge is -2.09. The van der Waals surface area contributed by atoms with Crippen molar-refractivity contribution in [1.29, 1.82) is 0 Å². The standard InChI is InChI=1S/C25H25N3O2S2/c1-4-16-7-9-17(10-8-16)22-20(5-2)32-25-23(22)24(26-14-27-25)31-13-21(30)28-18-12-15(3)6-11-19(18)29/h6-12,14,29H,4-5,13H2,1-3H3,(H,28,30). The van der Waals surface area contributed by atoms with Crippen LogP contribution < -0.4 is 5.32 Å². The normalized spacial score (nSPS) is 11.1. The van der Waals surface area contributed by atoms with E-state index in [2.05, 4.69) is 53.4 Å². The average Bonchev–Trinajstić information content (AvgIpc) is 3.19. The number of carbonyl (C=O) groups is 1. The summed E-state index contributed by atoms with van der Waals surface area (Å²) in [6.45, 7) is 6.21. The van der Waals surface area contributed by atoms with Gasteiger partial charge in [0.2, 0.25) is 5.91 Å². The van der Waals surface area contributed by atoms with Crippen LogP contribution in [0, 0.1) is 6.92 Å². The molecule has 1 amide bonds. The first-order chi connectivity index (χ1) is 15.5. The highest BCUT2D eigenvalue weighted by molar-refractivity contribution is 8.00. The second-order valence-corrected chi connectivity index (χ2v) is 9.57. The first-order valence-electron chi connectivity index (χ1n) is 10.6. The number of aryl methyl sites for hydroxylation is 3. The molecular weight excluding hydrogens is 438 g/mol. The summed E-state index contributed by atoms with van der Waals surface area (Å²) in [4.78, 5) is 23.8. The molecule has 4 aromatic rings. The molecule has 2 heterocycles. The fraction of sp³-hybridized carbons (Fsp3) is 0.240. The van der Waals surface area contributed by atoms with E-state index in [0.717, 1.165) is 44.8 Å². The van der Waals surface area contributed by atoms with E-state index in [1.54, 1.807) is 35.9 Å². The zero-order chi connectivity index (χ0) is 22.7. The fourth-order valence-electron chi connectivity index (χ4n) is 3.59. The molecule has 0 aliphatic heterocycles. The van der Waals surface area contributed by atoms with Gasteiger partial charge in [0, 0.05) is 10.4 Å². The molecule has 7 heteroatoms. The lowest BCUT2D eigenvalue weighted by atomic mass is 10.0. The summed E-state index contributed by atoms with van der Waals surface area (Å²) >= 11 is 3.07. The molecule has 5 nitrogen and oxygen atoms in total. The molecular formula is C25H25N3O2S2. The van der Waals surface area contributed by atoms with Crippen molar-refractivity contribution in [2.75, 3.05) is 11.1 Å². The number of nitrogens with zero attached hydrogens (tertiary/aromatic N) is 2. The molecule has 2 aromatic heterocycles. The van der Waals surface area contributed by atoms with Crippen LogP contribution in [-0.4, -0.2) is 26.7 Å². The number of nitrogens with one attached hydrogen (secondary N) is 1. The average molecular weight is 464 g/mol. The van der Waals surface area contributed by atoms with Gasteiger partial charge in [-0.3, -0.25) is 4.79 Å². The molecule has 0 aliphatic rings. The lowest BCUT2D eigenvalue weighted by Crippen LogP contribution is -2.14. The number of hydrogen-bond donors (Lipinski definition) is 2. The highest BCUT2D eigenvalue weighted by Gasteiger charge is 2.19. The first-order valence-corrected chi connectivity index (χ1v) is 12.4. The number of hydrogen-bond acceptors (Lipinski definition) is 6. The molecule has 2 N–H and O–H groups in total. The number of amides is 1. The number of fused-ring (bicyclic) bond motifs is 1. The van der Waals surface area contributed by atoms with Gasteiger partial charge in [-0.2, -0.15) is 0 Å². The predicted molar refractivity (Wildman–Crippen MR) is 134 cm³/mol. The summed E-state index contributed by atoms with van der Waals surface area (Å²) in [5, 5.41) is 14.6. The van der Waals surface area contributed by atoms with Gasteiger partial charge in [0.15, 0.2) is 0 Å². The monoisotopic (exact) mass is 463 g/mol. The SMILES string of the molecule is CCc1ccc(-c2c(CC)sc3ncnc(SCC(=O)Nc4cc(C)ccc4O)c23)cc1. The van der Waals surface area contributed by atoms with Crippen LogP contribution in [0.1, 0.15) is 29.9 Å². The number of phenols is 1. The Morgan fingerprint density at radius 2 is 1.88 bits per heavy atom. The van der Waals surface area contributed by atoms with Crippen molar-refractivity contribution >= 4 is 44.9 Å². The van der Waals surface area contributed by atoms with Crippen molar-refractivity contribution in [3.63, 3.8) is 0 Å². The highest BCUT2D eigenvalue weighted by Crippen LogP contribution is 2.42. The van der Waals surface area contributed by atoms with Crippen molar-refractivity contribution in [1.82, 2.24) is 9.97 Å². The molecule has 0 saturated heterocycles. The van der Waals surface area contributed by atoms with Gasteiger partial charge in [-0.1, -0.05) is 55.9 Å². The quantitative estimate of drug-likeness (QED) is 0.193. The maximum Gasteiger partial charge on any atom is 0.234 e. The molecule has 0 fully saturated rings. The van der Waals surface area contributed by atoms with Crippen LogP contribution in [-0.2, 0) is 17.6 Å². The molecule has 0 bridgehead atoms. The lowest BCUT2D eigenvalue weighted by molar-refractivity contribution is -0.113. The van der Waals surface area contributed by atoms with Gasteiger partial charge in [-0.15, -0.1) is 11.3 Å². The van der Waals surface area contributed by atoms with Crippen molar-refractivity contribution < 1.29 is 9.90 Å². The molecule has 32 heavy (non-hydrogen) atoms. The number of phenolic OH excluding ortho intramolecular Hbond substituents is 1. The Hall–Kier alpha value is -2.90. The molecule has 0 unspecified atom stereocenters. The molecule has 4 rings (SSSR count). The number of thioether (sulfide) groups is 1. The van der Waals surface area contributed by atoms with E-state index in [1.165, 1.54) is 22.2 Å². The third-order valence-corrected chi connectivity index (χ3v) is 7.50. The largest absolute Gasteiger partial charge is 0.506 e. The molecule has 164 valence electrons. The predicted octanol–water partition coefficient (Wildman–Crippen LogP) is 6.23. The molecule has 0 spiro atoms. The van der Waals surface area contributed by atoms with E-state index >= 15 is 0 Å². The summed E-state index contributed by atoms with van der Waals surface area (Å²) in [5.41, 5.74) is 5.00. The van der Waals surface area contributed by atoms with Gasteiger partial charge < -0.3 is 10.4 Å². The summed E-state index contributed by atoms with van der Waals surface area (Å²) in [6, 6.07) is 13.8. The molecule has 0 aliphatic carbocycles. The van der Waals surface area contributed by atoms with Crippen LogP contribution in [0.25, 0.3) is 21.3 Å². The van der Waals surface area contributed by atoms with Crippen molar-refractivity contribution in [2.24, 2.45) is 0 Å². The number of rotatable bonds is 7. The second kappa shape index (κ2) is 9.71. The maximum absolute atomic E-state index is 12.6. The minimum absolute atomic E-state index is 0.0570. The van der Waals surface area contributed by atoms with E-state index in [0.29, 0.717) is 5.69 Å². The van der Waals surface area contributed by atoms with Crippen molar-refractivity contribution in [2.45, 2.75) is 38.6 Å². The summed E-state index contributed by atoms with van der Waals surface area (Å²) in [6.07, 6.45) is 3.47. The van der Waals surface area contributed by atoms with E-state index in [4.69, 9.17) is 0 Å². The minimum atomic E-state index is -0.192. The molecule has 0 saturated carbocycles. The van der Waals surface area contributed by atoms with Gasteiger partial charge in [0.05, 0.1) is 16.8 Å². The Balaban J connectivity index is 1.63. The van der Waals surface area contributed by atoms with Crippen LogP contribution in [0.3, 0.4) is 0 Å². The summed E-state index contributed by atoms with van der Waals surface area (Å²) in [7, 11) is 0. The number of aromatic nitrogens is 2. The summed E-state index contributed by atoms with van der Waals surface area (Å²) < 4.78 is 0. The zero-order valence-electron chi connectivity index (χ0n) is 18.3. The van der Waals surface area contributed by atoms with Gasteiger partial charge in [0.1, 0.15) is 21.9 Å². The maximum atomic E-state index is 12.6. The number of thiophene rings is 1. The topological polar surface area (TPSA) is 75.1 Å². The third kappa shape index (κ3) is 4.64. The Morgan fingerprint density at radius 1 is 1.09 bits per heavy atom. The van der Waals surface area contributed by atoms with Gasteiger partial charge >= 0.3 is 0 Å². The van der Waals surface area contributed by atoms with E-state index in [9.17, 15) is 9.90 Å². The molecule has 2 aromatic carbocycles. The minimum Gasteiger partial charge on any atom is -0.506 e. The molecule has 0 atom stereocenters. The van der Waals surface area contributed by atoms with Crippen molar-refractivity contribution in [3.8, 4) is 16.9 Å². The Labute approximate surface area is 195 Å². The number of anilines is 1. The first kappa shape index (κ1) is 22.3. The number of aromatic hydroxyl groups is 1. The van der Waals surface area contributed by atoms with Gasteiger partial charge in [0.25, 0.3) is 0 Å². The van der Waals surface area contributed by atoms with Crippen LogP contribution in [0.5, 0.6) is 5.75 Å². The van der Waals surface area contributed by atoms with E-state index in [1.807, 2.05) is 6.92 Å². The smallest absolute Gasteiger partial charge is 0.234 e. The van der Waals surface area contributed by atoms with Crippen LogP contribution in [0.2, 0.25) is 0 Å². The second-order valence-electron chi connectivity index (χ2n) is 7.52.